The smallest absolute Gasteiger partial charge is 0.232 e. The highest BCUT2D eigenvalue weighted by molar-refractivity contribution is 7.77. The van der Waals surface area contributed by atoms with Crippen molar-refractivity contribution in [2.75, 3.05) is 7.05 Å². The fraction of sp³-hybridized carbons (Fsp3) is 0.731. The van der Waals surface area contributed by atoms with Gasteiger partial charge in [0.15, 0.2) is 0 Å². The first kappa shape index (κ1) is 22.5. The summed E-state index contributed by atoms with van der Waals surface area (Å²) in [6, 6.07) is 10.5. The van der Waals surface area contributed by atoms with Crippen LogP contribution in [-0.4, -0.2) is 32.7 Å². The number of carbonyl (C=O) groups is 1. The molecule has 176 valence electrons. The van der Waals surface area contributed by atoms with Crippen LogP contribution in [0.5, 0.6) is 0 Å². The lowest BCUT2D eigenvalue weighted by atomic mass is 9.46. The Balaban J connectivity index is 1.44. The third-order valence-corrected chi connectivity index (χ3v) is 10.9. The average molecular weight is 459 g/mol. The number of hydrogen-bond donors (Lipinski definition) is 2. The van der Waals surface area contributed by atoms with Gasteiger partial charge in [-0.1, -0.05) is 44.2 Å². The van der Waals surface area contributed by atoms with Crippen LogP contribution in [-0.2, 0) is 16.1 Å². The van der Waals surface area contributed by atoms with Crippen LogP contribution in [0, 0.1) is 34.5 Å². The number of rotatable bonds is 4. The summed E-state index contributed by atoms with van der Waals surface area (Å²) in [5.74, 6) is 2.72. The number of likely N-dealkylation sites (tertiary alicyclic amines) is 1. The van der Waals surface area contributed by atoms with Gasteiger partial charge in [0.25, 0.3) is 0 Å². The molecular weight excluding hydrogens is 420 g/mol. The number of piperidine rings is 1. The highest BCUT2D eigenvalue weighted by atomic mass is 32.2. The number of hydrogen-bond acceptors (Lipinski definition) is 2. The maximum atomic E-state index is 12.4. The van der Waals surface area contributed by atoms with Crippen molar-refractivity contribution >= 4 is 17.2 Å². The molecule has 1 aromatic rings. The zero-order valence-corrected chi connectivity index (χ0v) is 20.4. The topological polar surface area (TPSA) is 69.6 Å². The van der Waals surface area contributed by atoms with Crippen LogP contribution >= 0.6 is 0 Å². The molecule has 5 nitrogen and oxygen atoms in total. The summed E-state index contributed by atoms with van der Waals surface area (Å²) in [6.07, 6.45) is 8.77. The molecule has 1 amide bonds. The second kappa shape index (κ2) is 8.21. The van der Waals surface area contributed by atoms with Crippen molar-refractivity contribution in [1.82, 2.24) is 9.62 Å². The second-order valence-corrected chi connectivity index (χ2v) is 12.2. The Morgan fingerprint density at radius 3 is 2.47 bits per heavy atom. The molecule has 3 saturated carbocycles. The maximum absolute atomic E-state index is 12.4. The molecule has 3 aliphatic carbocycles. The van der Waals surface area contributed by atoms with Gasteiger partial charge in [0.2, 0.25) is 17.2 Å². The summed E-state index contributed by atoms with van der Waals surface area (Å²) in [7, 11) is 2.02. The number of nitrogens with zero attached hydrogens (tertiary/aromatic N) is 1. The molecular formula is C26H38N2O3S. The van der Waals surface area contributed by atoms with Crippen LogP contribution in [0.25, 0.3) is 0 Å². The predicted molar refractivity (Wildman–Crippen MR) is 127 cm³/mol. The van der Waals surface area contributed by atoms with Crippen molar-refractivity contribution in [3.63, 3.8) is 0 Å². The molecule has 4 fully saturated rings. The molecule has 0 spiro atoms. The van der Waals surface area contributed by atoms with Crippen molar-refractivity contribution in [1.29, 1.82) is 0 Å². The summed E-state index contributed by atoms with van der Waals surface area (Å²) < 4.78 is 24.6. The average Bonchev–Trinajstić information content (AvgIpc) is 3.12. The quantitative estimate of drug-likeness (QED) is 0.628. The molecule has 2 N–H and O–H groups in total. The van der Waals surface area contributed by atoms with E-state index in [1.807, 2.05) is 25.2 Å². The second-order valence-electron chi connectivity index (χ2n) is 11.5. The molecule has 1 saturated heterocycles. The Kier molecular flexibility index (Phi) is 5.78. The maximum Gasteiger partial charge on any atom is 0.232 e. The molecule has 0 bridgehead atoms. The Labute approximate surface area is 195 Å². The van der Waals surface area contributed by atoms with Gasteiger partial charge in [-0.2, -0.15) is 0 Å². The van der Waals surface area contributed by atoms with Gasteiger partial charge < -0.3 is 4.90 Å². The molecule has 1 aliphatic heterocycles. The molecule has 0 radical (unpaired) electrons. The predicted octanol–water partition coefficient (Wildman–Crippen LogP) is 4.93. The molecule has 4 aliphatic rings. The minimum absolute atomic E-state index is 0.0982. The molecule has 6 heteroatoms. The van der Waals surface area contributed by atoms with E-state index < -0.39 is 11.3 Å². The van der Waals surface area contributed by atoms with E-state index in [0.717, 1.165) is 24.8 Å². The van der Waals surface area contributed by atoms with Gasteiger partial charge >= 0.3 is 0 Å². The van der Waals surface area contributed by atoms with E-state index in [0.29, 0.717) is 42.0 Å². The van der Waals surface area contributed by atoms with Crippen LogP contribution in [0.4, 0.5) is 0 Å². The van der Waals surface area contributed by atoms with Gasteiger partial charge in [-0.05, 0) is 85.0 Å². The third-order valence-electron chi connectivity index (χ3n) is 10.4. The first-order chi connectivity index (χ1) is 15.3. The monoisotopic (exact) mass is 458 g/mol. The van der Waals surface area contributed by atoms with Crippen LogP contribution in [0.2, 0.25) is 0 Å². The summed E-state index contributed by atoms with van der Waals surface area (Å²) in [5, 5.41) is 0. The summed E-state index contributed by atoms with van der Waals surface area (Å²) in [5.41, 5.74) is 1.52. The highest BCUT2D eigenvalue weighted by Gasteiger charge is 2.62. The van der Waals surface area contributed by atoms with E-state index >= 15 is 0 Å². The molecule has 9 unspecified atom stereocenters. The van der Waals surface area contributed by atoms with Gasteiger partial charge in [-0.25, -0.2) is 8.93 Å². The fourth-order valence-corrected chi connectivity index (χ4v) is 9.41. The van der Waals surface area contributed by atoms with E-state index in [9.17, 15) is 13.6 Å². The van der Waals surface area contributed by atoms with Gasteiger partial charge in [0.05, 0.1) is 0 Å². The van der Waals surface area contributed by atoms with E-state index in [2.05, 4.69) is 35.6 Å². The Bertz CT molecular complexity index is 894. The lowest BCUT2D eigenvalue weighted by Crippen LogP contribution is -2.61. The van der Waals surface area contributed by atoms with Crippen LogP contribution in [0.15, 0.2) is 30.3 Å². The first-order valence-corrected chi connectivity index (χ1v) is 13.5. The minimum atomic E-state index is -2.04. The third kappa shape index (κ3) is 3.40. The molecule has 9 atom stereocenters. The lowest BCUT2D eigenvalue weighted by Gasteiger charge is -2.62. The Hall–Kier alpha value is -1.24. The number of carbonyl (C=O) groups excluding carboxylic acids is 1. The highest BCUT2D eigenvalue weighted by Crippen LogP contribution is 2.67. The van der Waals surface area contributed by atoms with Crippen molar-refractivity contribution in [3.8, 4) is 0 Å². The minimum Gasteiger partial charge on any atom is -0.342 e. The van der Waals surface area contributed by atoms with Crippen LogP contribution in [0.3, 0.4) is 0 Å². The molecule has 1 aromatic carbocycles. The molecule has 32 heavy (non-hydrogen) atoms. The van der Waals surface area contributed by atoms with E-state index in [-0.39, 0.29) is 16.9 Å². The normalized spacial score (nSPS) is 43.2. The first-order valence-electron chi connectivity index (χ1n) is 12.4. The molecule has 5 rings (SSSR count). The lowest BCUT2D eigenvalue weighted by molar-refractivity contribution is -0.158. The van der Waals surface area contributed by atoms with Crippen molar-refractivity contribution in [2.24, 2.45) is 34.5 Å². The van der Waals surface area contributed by atoms with E-state index in [4.69, 9.17) is 0 Å². The van der Waals surface area contributed by atoms with Crippen molar-refractivity contribution in [2.45, 2.75) is 77.3 Å². The SMILES string of the molecule is CN1C(=O)CCC2(C)C3CCC4(C)C(C(NS(=O)O)c5ccccc5)CCC4C3CCC12. The standard InChI is InChI=1S/C26H38N2O3S/c1-25-15-13-20-18(9-12-22-26(20,2)16-14-23(29)28(22)3)19(25)10-11-21(25)24(27-32(30)31)17-7-5-4-6-8-17/h4-8,18-22,24,27H,9-16H2,1-3H3,(H,30,31). The Morgan fingerprint density at radius 2 is 1.75 bits per heavy atom. The van der Waals surface area contributed by atoms with Crippen molar-refractivity contribution in [3.05, 3.63) is 35.9 Å². The zero-order chi connectivity index (χ0) is 22.7. The molecule has 1 heterocycles. The van der Waals surface area contributed by atoms with Gasteiger partial charge in [0.1, 0.15) is 0 Å². The van der Waals surface area contributed by atoms with Crippen LogP contribution < -0.4 is 4.72 Å². The molecule has 0 aromatic heterocycles. The van der Waals surface area contributed by atoms with Gasteiger partial charge in [-0.3, -0.25) is 9.35 Å². The van der Waals surface area contributed by atoms with Crippen molar-refractivity contribution < 1.29 is 13.6 Å². The number of fused-ring (bicyclic) bond motifs is 5. The summed E-state index contributed by atoms with van der Waals surface area (Å²) >= 11 is -2.04. The summed E-state index contributed by atoms with van der Waals surface area (Å²) in [4.78, 5) is 14.5. The number of amides is 1. The van der Waals surface area contributed by atoms with E-state index in [1.165, 1.54) is 25.7 Å². The summed E-state index contributed by atoms with van der Waals surface area (Å²) in [6.45, 7) is 4.93. The fourth-order valence-electron chi connectivity index (χ4n) is 8.89. The largest absolute Gasteiger partial charge is 0.342 e. The van der Waals surface area contributed by atoms with E-state index in [1.54, 1.807) is 0 Å². The van der Waals surface area contributed by atoms with Gasteiger partial charge in [-0.15, -0.1) is 0 Å². The van der Waals surface area contributed by atoms with Gasteiger partial charge in [0, 0.05) is 25.6 Å². The Morgan fingerprint density at radius 1 is 1.03 bits per heavy atom. The zero-order valence-electron chi connectivity index (χ0n) is 19.6. The number of benzene rings is 1. The number of nitrogens with one attached hydrogen (secondary N) is 1. The van der Waals surface area contributed by atoms with Crippen LogP contribution in [0.1, 0.15) is 76.8 Å².